The number of carbonyl (C=O) groups is 1. The van der Waals surface area contributed by atoms with Gasteiger partial charge in [0.15, 0.2) is 0 Å². The van der Waals surface area contributed by atoms with E-state index in [-0.39, 0.29) is 6.07 Å². The Labute approximate surface area is 96.4 Å². The van der Waals surface area contributed by atoms with Crippen molar-refractivity contribution in [2.75, 3.05) is 7.11 Å². The molecule has 0 amide bonds. The number of hydrogen-bond donors (Lipinski definition) is 1. The zero-order valence-corrected chi connectivity index (χ0v) is 8.77. The highest BCUT2D eigenvalue weighted by Crippen LogP contribution is 2.30. The van der Waals surface area contributed by atoms with E-state index in [4.69, 9.17) is 0 Å². The Balaban J connectivity index is 3.56. The van der Waals surface area contributed by atoms with Gasteiger partial charge in [-0.1, -0.05) is 0 Å². The quantitative estimate of drug-likeness (QED) is 0.662. The smallest absolute Gasteiger partial charge is 0.431 e. The van der Waals surface area contributed by atoms with Crippen molar-refractivity contribution in [3.8, 4) is 0 Å². The molecule has 0 fully saturated rings. The first-order valence-electron chi connectivity index (χ1n) is 4.39. The number of alkyl halides is 5. The Morgan fingerprint density at radius 1 is 1.39 bits per heavy atom. The molecule has 0 saturated heterocycles. The van der Waals surface area contributed by atoms with Crippen molar-refractivity contribution in [3.63, 3.8) is 0 Å². The highest BCUT2D eigenvalue weighted by atomic mass is 19.4. The molecule has 1 heterocycles. The molecule has 0 aliphatic carbocycles. The highest BCUT2D eigenvalue weighted by molar-refractivity contribution is 5.90. The molecule has 1 rings (SSSR count). The Morgan fingerprint density at radius 2 is 1.94 bits per heavy atom. The van der Waals surface area contributed by atoms with Gasteiger partial charge in [0.2, 0.25) is 0 Å². The summed E-state index contributed by atoms with van der Waals surface area (Å²) in [6.45, 7) is 0. The van der Waals surface area contributed by atoms with Crippen molar-refractivity contribution in [1.29, 1.82) is 0 Å². The van der Waals surface area contributed by atoms with Crippen LogP contribution in [0.2, 0.25) is 0 Å². The van der Waals surface area contributed by atoms with Crippen molar-refractivity contribution in [1.82, 2.24) is 4.98 Å². The SMILES string of the molecule is COC(=O)c1c(C(F)F)cc(C(F)(F)F)[nH]c1=O. The molecule has 0 aliphatic heterocycles. The molecule has 1 N–H and O–H groups in total. The van der Waals surface area contributed by atoms with Gasteiger partial charge in [0.25, 0.3) is 12.0 Å². The van der Waals surface area contributed by atoms with Crippen molar-refractivity contribution >= 4 is 5.97 Å². The number of aromatic amines is 1. The molecule has 0 spiro atoms. The van der Waals surface area contributed by atoms with E-state index in [9.17, 15) is 31.5 Å². The number of carbonyl (C=O) groups excluding carboxylic acids is 1. The molecule has 0 saturated carbocycles. The third-order valence-electron chi connectivity index (χ3n) is 1.99. The van der Waals surface area contributed by atoms with E-state index in [1.54, 1.807) is 0 Å². The summed E-state index contributed by atoms with van der Waals surface area (Å²) in [6, 6.07) is 0.0122. The largest absolute Gasteiger partial charge is 0.465 e. The second kappa shape index (κ2) is 4.75. The first kappa shape index (κ1) is 14.1. The third kappa shape index (κ3) is 2.66. The van der Waals surface area contributed by atoms with Crippen molar-refractivity contribution in [3.05, 3.63) is 33.2 Å². The van der Waals surface area contributed by atoms with E-state index >= 15 is 0 Å². The van der Waals surface area contributed by atoms with Crippen LogP contribution in [0.4, 0.5) is 22.0 Å². The van der Waals surface area contributed by atoms with Gasteiger partial charge in [0, 0.05) is 5.56 Å². The number of nitrogens with one attached hydrogen (secondary N) is 1. The van der Waals surface area contributed by atoms with Crippen LogP contribution < -0.4 is 5.56 Å². The van der Waals surface area contributed by atoms with Crippen LogP contribution in [-0.2, 0) is 10.9 Å². The standard InChI is InChI=1S/C9H6F5NO3/c1-18-8(17)5-3(6(10)11)2-4(9(12,13)14)15-7(5)16/h2,6H,1H3,(H,15,16). The average Bonchev–Trinajstić information content (AvgIpc) is 2.25. The summed E-state index contributed by atoms with van der Waals surface area (Å²) in [5.41, 5.74) is -5.69. The predicted molar refractivity (Wildman–Crippen MR) is 48.4 cm³/mol. The van der Waals surface area contributed by atoms with E-state index in [2.05, 4.69) is 4.74 Å². The highest BCUT2D eigenvalue weighted by Gasteiger charge is 2.35. The Kier molecular flexibility index (Phi) is 3.73. The van der Waals surface area contributed by atoms with E-state index in [0.29, 0.717) is 0 Å². The maximum atomic E-state index is 12.5. The minimum Gasteiger partial charge on any atom is -0.465 e. The molecule has 18 heavy (non-hydrogen) atoms. The minimum atomic E-state index is -5.00. The fourth-order valence-electron chi connectivity index (χ4n) is 1.22. The zero-order chi connectivity index (χ0) is 14.1. The Hall–Kier alpha value is -1.93. The van der Waals surface area contributed by atoms with Crippen molar-refractivity contribution < 1.29 is 31.5 Å². The van der Waals surface area contributed by atoms with Gasteiger partial charge in [-0.05, 0) is 6.07 Å². The fraction of sp³-hybridized carbons (Fsp3) is 0.333. The molecule has 1 aromatic heterocycles. The molecule has 9 heteroatoms. The lowest BCUT2D eigenvalue weighted by molar-refractivity contribution is -0.141. The molecular formula is C9H6F5NO3. The lowest BCUT2D eigenvalue weighted by atomic mass is 10.1. The molecule has 0 aromatic carbocycles. The molecule has 100 valence electrons. The molecule has 1 aromatic rings. The summed E-state index contributed by atoms with van der Waals surface area (Å²) in [4.78, 5) is 23.6. The van der Waals surface area contributed by atoms with Crippen LogP contribution in [0, 0.1) is 0 Å². The first-order chi connectivity index (χ1) is 8.18. The summed E-state index contributed by atoms with van der Waals surface area (Å²) in [5, 5.41) is 0. The fourth-order valence-corrected chi connectivity index (χ4v) is 1.22. The third-order valence-corrected chi connectivity index (χ3v) is 1.99. The summed E-state index contributed by atoms with van der Waals surface area (Å²) < 4.78 is 66.0. The van der Waals surface area contributed by atoms with Crippen LogP contribution in [0.25, 0.3) is 0 Å². The lowest BCUT2D eigenvalue weighted by Crippen LogP contribution is -2.26. The molecule has 0 radical (unpaired) electrons. The molecule has 0 atom stereocenters. The van der Waals surface area contributed by atoms with E-state index in [0.717, 1.165) is 7.11 Å². The van der Waals surface area contributed by atoms with E-state index in [1.165, 1.54) is 4.98 Å². The summed E-state index contributed by atoms with van der Waals surface area (Å²) in [7, 11) is 0.814. The van der Waals surface area contributed by atoms with Gasteiger partial charge in [-0.3, -0.25) is 4.79 Å². The zero-order valence-electron chi connectivity index (χ0n) is 8.77. The summed E-state index contributed by atoms with van der Waals surface area (Å²) >= 11 is 0. The Morgan fingerprint density at radius 3 is 2.33 bits per heavy atom. The molecule has 0 bridgehead atoms. The van der Waals surface area contributed by atoms with Crippen LogP contribution >= 0.6 is 0 Å². The summed E-state index contributed by atoms with van der Waals surface area (Å²) in [5.74, 6) is -1.43. The normalized spacial score (nSPS) is 11.7. The Bertz CT molecular complexity index is 520. The second-order valence-corrected chi connectivity index (χ2v) is 3.13. The van der Waals surface area contributed by atoms with Crippen LogP contribution in [0.1, 0.15) is 28.0 Å². The minimum absolute atomic E-state index is 0.0122. The number of pyridine rings is 1. The van der Waals surface area contributed by atoms with Gasteiger partial charge < -0.3 is 9.72 Å². The molecule has 4 nitrogen and oxygen atoms in total. The second-order valence-electron chi connectivity index (χ2n) is 3.13. The monoisotopic (exact) mass is 271 g/mol. The van der Waals surface area contributed by atoms with Crippen LogP contribution in [0.3, 0.4) is 0 Å². The van der Waals surface area contributed by atoms with Gasteiger partial charge in [-0.25, -0.2) is 13.6 Å². The molecule has 0 aliphatic rings. The average molecular weight is 271 g/mol. The van der Waals surface area contributed by atoms with Gasteiger partial charge in [0.1, 0.15) is 11.3 Å². The first-order valence-corrected chi connectivity index (χ1v) is 4.39. The van der Waals surface area contributed by atoms with Gasteiger partial charge in [-0.15, -0.1) is 0 Å². The van der Waals surface area contributed by atoms with E-state index in [1.807, 2.05) is 0 Å². The molecular weight excluding hydrogens is 265 g/mol. The number of methoxy groups -OCH3 is 1. The van der Waals surface area contributed by atoms with Crippen molar-refractivity contribution in [2.45, 2.75) is 12.6 Å². The lowest BCUT2D eigenvalue weighted by Gasteiger charge is -2.11. The summed E-state index contributed by atoms with van der Waals surface area (Å²) in [6.07, 6.45) is -8.42. The van der Waals surface area contributed by atoms with Gasteiger partial charge in [0.05, 0.1) is 7.11 Å². The van der Waals surface area contributed by atoms with Crippen LogP contribution in [0.5, 0.6) is 0 Å². The maximum Gasteiger partial charge on any atom is 0.431 e. The van der Waals surface area contributed by atoms with Crippen LogP contribution in [0.15, 0.2) is 10.9 Å². The number of H-pyrrole nitrogens is 1. The number of rotatable bonds is 2. The number of ether oxygens (including phenoxy) is 1. The van der Waals surface area contributed by atoms with Crippen molar-refractivity contribution in [2.24, 2.45) is 0 Å². The van der Waals surface area contributed by atoms with Gasteiger partial charge in [-0.2, -0.15) is 13.2 Å². The molecule has 0 unspecified atom stereocenters. The van der Waals surface area contributed by atoms with Gasteiger partial charge >= 0.3 is 12.1 Å². The number of esters is 1. The number of hydrogen-bond acceptors (Lipinski definition) is 3. The maximum absolute atomic E-state index is 12.5. The number of aromatic nitrogens is 1. The predicted octanol–water partition coefficient (Wildman–Crippen LogP) is 2.12. The number of halogens is 5. The van der Waals surface area contributed by atoms with E-state index < -0.39 is 41.0 Å². The topological polar surface area (TPSA) is 59.2 Å². The van der Waals surface area contributed by atoms with Crippen LogP contribution in [-0.4, -0.2) is 18.1 Å².